The van der Waals surface area contributed by atoms with Crippen molar-refractivity contribution in [3.63, 3.8) is 0 Å². The highest BCUT2D eigenvalue weighted by atomic mass is 28.3. The fourth-order valence-electron chi connectivity index (χ4n) is 13.9. The van der Waals surface area contributed by atoms with Crippen LogP contribution in [0.25, 0.3) is 33.4 Å². The Morgan fingerprint density at radius 2 is 0.701 bits per heavy atom. The van der Waals surface area contributed by atoms with E-state index in [1.54, 1.807) is 0 Å². The summed E-state index contributed by atoms with van der Waals surface area (Å²) in [6, 6.07) is 88.0. The van der Waals surface area contributed by atoms with Crippen molar-refractivity contribution in [2.75, 3.05) is 9.80 Å². The number of hydrogen-bond donors (Lipinski definition) is 0. The van der Waals surface area contributed by atoms with E-state index in [-0.39, 0.29) is 5.41 Å². The van der Waals surface area contributed by atoms with Gasteiger partial charge in [0.2, 0.25) is 0 Å². The van der Waals surface area contributed by atoms with Crippen molar-refractivity contribution in [1.82, 2.24) is 0 Å². The lowest BCUT2D eigenvalue weighted by molar-refractivity contribution is 0.662. The predicted molar refractivity (Wildman–Crippen MR) is 280 cm³/mol. The second-order valence-corrected chi connectivity index (χ2v) is 23.1. The van der Waals surface area contributed by atoms with E-state index in [9.17, 15) is 0 Å². The molecule has 4 heterocycles. The van der Waals surface area contributed by atoms with Crippen LogP contribution in [0.1, 0.15) is 47.2 Å². The van der Waals surface area contributed by atoms with Crippen LogP contribution in [0.2, 0.25) is 0 Å². The van der Waals surface area contributed by atoms with Crippen molar-refractivity contribution >= 4 is 62.9 Å². The first-order valence-electron chi connectivity index (χ1n) is 23.7. The molecule has 4 aliphatic heterocycles. The minimum Gasteiger partial charge on any atom is -0.310 e. The van der Waals surface area contributed by atoms with Gasteiger partial charge in [-0.15, -0.1) is 0 Å². The molecule has 0 unspecified atom stereocenters. The number of nitrogens with zero attached hydrogens (tertiary/aromatic N) is 2. The molecule has 2 nitrogen and oxygen atoms in total. The van der Waals surface area contributed by atoms with Crippen LogP contribution in [0.4, 0.5) is 34.1 Å². The van der Waals surface area contributed by atoms with Crippen molar-refractivity contribution in [3.8, 4) is 33.4 Å². The van der Waals surface area contributed by atoms with Gasteiger partial charge in [0.25, 0.3) is 0 Å². The topological polar surface area (TPSA) is 6.48 Å². The molecule has 10 aromatic carbocycles. The summed E-state index contributed by atoms with van der Waals surface area (Å²) in [5.74, 6) is 0. The van der Waals surface area contributed by atoms with E-state index < -0.39 is 13.5 Å². The summed E-state index contributed by atoms with van der Waals surface area (Å²) in [6.45, 7) is 4.96. The molecule has 5 aliphatic rings. The van der Waals surface area contributed by atoms with Crippen LogP contribution in [0.3, 0.4) is 0 Å². The molecule has 1 aliphatic carbocycles. The standard InChI is InChI=1S/C64H44N2Si/c1-63(2)46-28-10-6-26-44(46)60-55(40-59-61(62(60)63)45-27-9-21-39-58(45)67(59)56-37-19-7-24-42(56)43-25-8-20-38-57(43)67)66-53-35-17-13-31-49(53)64(50-32-14-18-36-54(50)66)47-29-11-15-33-51(47)65(41-22-4-3-5-23-41)52-34-16-12-30-48(52)64/h3-40H,1-2H3. The normalized spacial score (nSPS) is 15.9. The summed E-state index contributed by atoms with van der Waals surface area (Å²) in [6.07, 6.45) is 0. The molecule has 67 heavy (non-hydrogen) atoms. The molecule has 3 heteroatoms. The lowest BCUT2D eigenvalue weighted by atomic mass is 9.60. The van der Waals surface area contributed by atoms with Gasteiger partial charge >= 0.3 is 0 Å². The molecule has 0 N–H and O–H groups in total. The van der Waals surface area contributed by atoms with E-state index >= 15 is 0 Å². The fourth-order valence-corrected chi connectivity index (χ4v) is 19.5. The van der Waals surface area contributed by atoms with E-state index in [0.717, 1.165) is 5.69 Å². The SMILES string of the molecule is CC1(C)c2ccccc2-c2c(N3c4ccccc4C4(c5ccccc5N(c5ccccc5)c5ccccc54)c4ccccc43)cc3c(c21)-c1ccccc1[Si]31c2ccccc2-c2ccccc21. The van der Waals surface area contributed by atoms with Crippen molar-refractivity contribution in [2.24, 2.45) is 0 Å². The average molecular weight is 869 g/mol. The molecule has 2 spiro atoms. The van der Waals surface area contributed by atoms with Gasteiger partial charge in [-0.05, 0) is 124 Å². The predicted octanol–water partition coefficient (Wildman–Crippen LogP) is 13.3. The van der Waals surface area contributed by atoms with E-state index in [1.807, 2.05) is 0 Å². The zero-order chi connectivity index (χ0) is 44.2. The summed E-state index contributed by atoms with van der Waals surface area (Å²) >= 11 is 0. The van der Waals surface area contributed by atoms with Crippen LogP contribution in [0.15, 0.2) is 231 Å². The first-order chi connectivity index (χ1) is 33.1. The molecular formula is C64H44N2Si. The summed E-state index contributed by atoms with van der Waals surface area (Å²) in [7, 11) is -2.84. The van der Waals surface area contributed by atoms with Gasteiger partial charge in [0, 0.05) is 16.7 Å². The first-order valence-corrected chi connectivity index (χ1v) is 25.7. The third-order valence-electron chi connectivity index (χ3n) is 16.2. The van der Waals surface area contributed by atoms with Gasteiger partial charge in [0.15, 0.2) is 8.07 Å². The summed E-state index contributed by atoms with van der Waals surface area (Å²) < 4.78 is 0. The highest BCUT2D eigenvalue weighted by Gasteiger charge is 2.58. The maximum atomic E-state index is 2.70. The third kappa shape index (κ3) is 4.37. The average Bonchev–Trinajstić information content (AvgIpc) is 3.95. The van der Waals surface area contributed by atoms with Crippen molar-refractivity contribution in [3.05, 3.63) is 264 Å². The Balaban J connectivity index is 1.09. The highest BCUT2D eigenvalue weighted by molar-refractivity contribution is 7.24. The summed E-state index contributed by atoms with van der Waals surface area (Å²) in [4.78, 5) is 5.15. The molecule has 10 aromatic rings. The zero-order valence-corrected chi connectivity index (χ0v) is 38.3. The molecule has 0 saturated heterocycles. The Bertz CT molecular complexity index is 3630. The number of benzene rings is 10. The molecule has 0 bridgehead atoms. The summed E-state index contributed by atoms with van der Waals surface area (Å²) in [5, 5.41) is 6.00. The third-order valence-corrected chi connectivity index (χ3v) is 21.1. The number of anilines is 6. The Labute approximate surface area is 392 Å². The van der Waals surface area contributed by atoms with E-state index in [1.165, 1.54) is 116 Å². The number of fused-ring (bicyclic) bond motifs is 22. The Morgan fingerprint density at radius 3 is 1.22 bits per heavy atom. The van der Waals surface area contributed by atoms with Gasteiger partial charge in [-0.2, -0.15) is 0 Å². The molecular weight excluding hydrogens is 825 g/mol. The molecule has 0 radical (unpaired) electrons. The number of para-hydroxylation sites is 5. The van der Waals surface area contributed by atoms with Gasteiger partial charge < -0.3 is 9.80 Å². The molecule has 0 amide bonds. The minimum atomic E-state index is -2.84. The molecule has 15 rings (SSSR count). The van der Waals surface area contributed by atoms with Crippen LogP contribution >= 0.6 is 0 Å². The van der Waals surface area contributed by atoms with Crippen LogP contribution in [-0.4, -0.2) is 8.07 Å². The van der Waals surface area contributed by atoms with Gasteiger partial charge in [-0.1, -0.05) is 202 Å². The number of rotatable bonds is 2. The first kappa shape index (κ1) is 37.3. The second kappa shape index (κ2) is 13.1. The fraction of sp³-hybridized carbons (Fsp3) is 0.0625. The minimum absolute atomic E-state index is 0.269. The molecule has 0 fully saturated rings. The van der Waals surface area contributed by atoms with Gasteiger partial charge in [-0.3, -0.25) is 0 Å². The lowest BCUT2D eigenvalue weighted by Gasteiger charge is -2.51. The number of hydrogen-bond acceptors (Lipinski definition) is 2. The van der Waals surface area contributed by atoms with Crippen LogP contribution in [-0.2, 0) is 10.8 Å². The lowest BCUT2D eigenvalue weighted by Crippen LogP contribution is -2.70. The smallest absolute Gasteiger partial charge is 0.182 e. The maximum absolute atomic E-state index is 2.84. The quantitative estimate of drug-likeness (QED) is 0.160. The zero-order valence-electron chi connectivity index (χ0n) is 37.3. The van der Waals surface area contributed by atoms with Crippen molar-refractivity contribution < 1.29 is 0 Å². The van der Waals surface area contributed by atoms with Crippen LogP contribution in [0, 0.1) is 0 Å². The van der Waals surface area contributed by atoms with Gasteiger partial charge in [0.05, 0.1) is 33.9 Å². The van der Waals surface area contributed by atoms with Crippen molar-refractivity contribution in [1.29, 1.82) is 0 Å². The molecule has 0 atom stereocenters. The van der Waals surface area contributed by atoms with Gasteiger partial charge in [0.1, 0.15) is 0 Å². The van der Waals surface area contributed by atoms with E-state index in [4.69, 9.17) is 0 Å². The van der Waals surface area contributed by atoms with E-state index in [0.29, 0.717) is 0 Å². The summed E-state index contributed by atoms with van der Waals surface area (Å²) in [5.41, 5.74) is 22.6. The Hall–Kier alpha value is -7.98. The maximum Gasteiger partial charge on any atom is 0.182 e. The van der Waals surface area contributed by atoms with Crippen molar-refractivity contribution in [2.45, 2.75) is 24.7 Å². The van der Waals surface area contributed by atoms with Crippen LogP contribution < -0.4 is 30.5 Å². The highest BCUT2D eigenvalue weighted by Crippen LogP contribution is 2.66. The Morgan fingerprint density at radius 1 is 0.313 bits per heavy atom. The van der Waals surface area contributed by atoms with Crippen LogP contribution in [0.5, 0.6) is 0 Å². The second-order valence-electron chi connectivity index (χ2n) is 19.5. The van der Waals surface area contributed by atoms with E-state index in [2.05, 4.69) is 254 Å². The molecule has 314 valence electrons. The van der Waals surface area contributed by atoms with Gasteiger partial charge in [-0.25, -0.2) is 0 Å². The molecule has 0 aromatic heterocycles. The monoisotopic (exact) mass is 868 g/mol. The molecule has 0 saturated carbocycles. The Kier molecular flexibility index (Phi) is 7.28. The largest absolute Gasteiger partial charge is 0.310 e.